The molecule has 1 N–H and O–H groups in total. The predicted molar refractivity (Wildman–Crippen MR) is 437 cm³/mol. The standard InChI is InChI=1S/C92H147NO8/c1-6-8-10-12-14-16-18-20-22-24-26-28-30-32-34-36-38-40-42-43-44-45-46-47-49-51-53-55-57-59-61-63-65-67-69-71-73-75-77-79-81-83-90(95)101-88(87-100-92(91(96)97)98-85-84-93(3,4)5)86-99-89(94)82-80-78-76-74-72-70-68-66-64-62-60-58-56-54-52-50-48-41-39-37-35-33-31-29-27-25-23-21-19-17-15-13-11-9-7-2/h8-11,14-17,20-23,26-29,32-35,38-41,43-44,46-47,50-53,57,59,88,92H,6-7,12-13,18-19,24-25,30-31,36-37,42,45,48-49,54-56,58,60-87H2,1-5H3/p+1/b10-8-,11-9-,16-14-,17-15-,22-20-,23-21-,28-26-,29-27-,34-32-,35-33-,40-38-,41-39-,44-43-,47-46-,52-50-,53-51-,59-57-. The summed E-state index contributed by atoms with van der Waals surface area (Å²) in [7, 11) is 5.97. The van der Waals surface area contributed by atoms with Crippen LogP contribution in [-0.4, -0.2) is 87.4 Å². The summed E-state index contributed by atoms with van der Waals surface area (Å²) >= 11 is 0. The van der Waals surface area contributed by atoms with Crippen LogP contribution in [0.3, 0.4) is 0 Å². The van der Waals surface area contributed by atoms with Gasteiger partial charge < -0.3 is 28.5 Å². The minimum atomic E-state index is -1.52. The number of quaternary nitrogens is 1. The quantitative estimate of drug-likeness (QED) is 0.0211. The summed E-state index contributed by atoms with van der Waals surface area (Å²) in [5.74, 6) is -2.02. The van der Waals surface area contributed by atoms with Crippen LogP contribution in [0.2, 0.25) is 0 Å². The molecule has 568 valence electrons. The molecule has 0 rings (SSSR count). The molecule has 0 amide bonds. The molecule has 0 aliphatic rings. The number of hydrogen-bond acceptors (Lipinski definition) is 7. The topological polar surface area (TPSA) is 108 Å². The molecule has 0 aliphatic carbocycles. The van der Waals surface area contributed by atoms with Crippen LogP contribution in [0.25, 0.3) is 0 Å². The number of ether oxygens (including phenoxy) is 4. The highest BCUT2D eigenvalue weighted by atomic mass is 16.7. The zero-order chi connectivity index (χ0) is 73.2. The van der Waals surface area contributed by atoms with E-state index in [1.807, 2.05) is 21.1 Å². The highest BCUT2D eigenvalue weighted by Gasteiger charge is 2.25. The SMILES string of the molecule is CC/C=C\C/C=C\C/C=C\C/C=C\C/C=C\C/C=C\C/C=C\C/C=C\C/C=C\C/C=C\CCCCCCCCCCCCC(=O)OC(COC(=O)CCCCCCCCCCCCCCC/C=C\C/C=C\C/C=C\C/C=C\C/C=C\C/C=C\C/C=C\CC)COC(OCC[N+](C)(C)C)C(=O)O. The molecule has 0 radical (unpaired) electrons. The monoisotopic (exact) mass is 1400 g/mol. The van der Waals surface area contributed by atoms with Crippen LogP contribution in [-0.2, 0) is 33.3 Å². The van der Waals surface area contributed by atoms with E-state index in [-0.39, 0.29) is 38.6 Å². The number of carboxylic acid groups (broad SMARTS) is 1. The number of likely N-dealkylation sites (N-methyl/N-ethyl adjacent to an activating group) is 1. The van der Waals surface area contributed by atoms with Crippen molar-refractivity contribution >= 4 is 17.9 Å². The Kier molecular flexibility index (Phi) is 74.7. The van der Waals surface area contributed by atoms with E-state index in [0.29, 0.717) is 17.4 Å². The number of aliphatic carboxylic acids is 1. The fourth-order valence-corrected chi connectivity index (χ4v) is 10.5. The summed E-state index contributed by atoms with van der Waals surface area (Å²) in [6.07, 6.45) is 121. The fraction of sp³-hybridized carbons (Fsp3) is 0.598. The largest absolute Gasteiger partial charge is 0.477 e. The normalized spacial score (nSPS) is 13.8. The van der Waals surface area contributed by atoms with Gasteiger partial charge in [-0.2, -0.15) is 0 Å². The zero-order valence-corrected chi connectivity index (χ0v) is 65.0. The van der Waals surface area contributed by atoms with E-state index in [1.165, 1.54) is 109 Å². The minimum absolute atomic E-state index is 0.177. The molecule has 0 aromatic rings. The number of unbranched alkanes of at least 4 members (excludes halogenated alkanes) is 23. The summed E-state index contributed by atoms with van der Waals surface area (Å²) in [6, 6.07) is 0. The van der Waals surface area contributed by atoms with Crippen molar-refractivity contribution in [1.29, 1.82) is 0 Å². The lowest BCUT2D eigenvalue weighted by Crippen LogP contribution is -2.40. The molecule has 0 aromatic heterocycles. The van der Waals surface area contributed by atoms with Gasteiger partial charge in [0.1, 0.15) is 13.2 Å². The molecule has 0 heterocycles. The van der Waals surface area contributed by atoms with Gasteiger partial charge in [-0.1, -0.05) is 342 Å². The highest BCUT2D eigenvalue weighted by molar-refractivity contribution is 5.71. The molecule has 101 heavy (non-hydrogen) atoms. The maximum atomic E-state index is 13.0. The summed E-state index contributed by atoms with van der Waals surface area (Å²) in [6.45, 7) is 4.64. The van der Waals surface area contributed by atoms with Gasteiger partial charge in [0.25, 0.3) is 6.29 Å². The van der Waals surface area contributed by atoms with Gasteiger partial charge in [0.05, 0.1) is 34.4 Å². The Bertz CT molecular complexity index is 2420. The highest BCUT2D eigenvalue weighted by Crippen LogP contribution is 2.17. The third kappa shape index (κ3) is 81.0. The average Bonchev–Trinajstić information content (AvgIpc) is 1.21. The molecular formula is C92H148NO8+. The lowest BCUT2D eigenvalue weighted by atomic mass is 10.0. The molecule has 0 aromatic carbocycles. The number of hydrogen-bond donors (Lipinski definition) is 1. The van der Waals surface area contributed by atoms with Crippen LogP contribution in [0.1, 0.15) is 296 Å². The Hall–Kier alpha value is -6.13. The summed E-state index contributed by atoms with van der Waals surface area (Å²) < 4.78 is 23.0. The molecule has 2 atom stereocenters. The Morgan fingerprint density at radius 3 is 0.792 bits per heavy atom. The van der Waals surface area contributed by atoms with Crippen LogP contribution in [0.5, 0.6) is 0 Å². The first-order valence-corrected chi connectivity index (χ1v) is 40.2. The lowest BCUT2D eigenvalue weighted by molar-refractivity contribution is -0.870. The molecule has 9 nitrogen and oxygen atoms in total. The van der Waals surface area contributed by atoms with Crippen molar-refractivity contribution in [3.8, 4) is 0 Å². The smallest absolute Gasteiger partial charge is 0.361 e. The number of carbonyl (C=O) groups excluding carboxylic acids is 2. The molecule has 9 heteroatoms. The third-order valence-corrected chi connectivity index (χ3v) is 16.5. The molecule has 0 bridgehead atoms. The number of allylic oxidation sites excluding steroid dienone is 34. The second-order valence-electron chi connectivity index (χ2n) is 27.3. The predicted octanol–water partition coefficient (Wildman–Crippen LogP) is 26.3. The van der Waals surface area contributed by atoms with Gasteiger partial charge in [-0.05, 0) is 148 Å². The van der Waals surface area contributed by atoms with Gasteiger partial charge in [-0.25, -0.2) is 4.79 Å². The number of esters is 2. The first-order valence-electron chi connectivity index (χ1n) is 40.2. The van der Waals surface area contributed by atoms with E-state index in [9.17, 15) is 19.5 Å². The second kappa shape index (κ2) is 79.6. The van der Waals surface area contributed by atoms with Crippen molar-refractivity contribution in [3.63, 3.8) is 0 Å². The van der Waals surface area contributed by atoms with E-state index in [1.54, 1.807) is 0 Å². The van der Waals surface area contributed by atoms with E-state index < -0.39 is 24.3 Å². The van der Waals surface area contributed by atoms with Crippen molar-refractivity contribution < 1.29 is 42.9 Å². The van der Waals surface area contributed by atoms with Gasteiger partial charge in [0.15, 0.2) is 6.10 Å². The van der Waals surface area contributed by atoms with Crippen LogP contribution in [0, 0.1) is 0 Å². The van der Waals surface area contributed by atoms with Crippen LogP contribution < -0.4 is 0 Å². The number of rotatable bonds is 72. The molecular weight excluding hydrogens is 1250 g/mol. The first kappa shape index (κ1) is 94.9. The van der Waals surface area contributed by atoms with Gasteiger partial charge in [0, 0.05) is 12.8 Å². The van der Waals surface area contributed by atoms with Crippen molar-refractivity contribution in [3.05, 3.63) is 207 Å². The summed E-state index contributed by atoms with van der Waals surface area (Å²) in [5, 5.41) is 9.78. The van der Waals surface area contributed by atoms with E-state index in [0.717, 1.165) is 154 Å². The zero-order valence-electron chi connectivity index (χ0n) is 65.0. The average molecular weight is 1400 g/mol. The van der Waals surface area contributed by atoms with Gasteiger partial charge in [-0.15, -0.1) is 0 Å². The maximum absolute atomic E-state index is 13.0. The van der Waals surface area contributed by atoms with E-state index in [4.69, 9.17) is 18.9 Å². The van der Waals surface area contributed by atoms with Crippen LogP contribution in [0.4, 0.5) is 0 Å². The Morgan fingerprint density at radius 2 is 0.535 bits per heavy atom. The fourth-order valence-electron chi connectivity index (χ4n) is 10.5. The molecule has 0 saturated heterocycles. The Morgan fingerprint density at radius 1 is 0.297 bits per heavy atom. The van der Waals surface area contributed by atoms with E-state index >= 15 is 0 Å². The Balaban J connectivity index is 4.13. The maximum Gasteiger partial charge on any atom is 0.361 e. The van der Waals surface area contributed by atoms with Gasteiger partial charge in [0.2, 0.25) is 0 Å². The van der Waals surface area contributed by atoms with Gasteiger partial charge >= 0.3 is 17.9 Å². The van der Waals surface area contributed by atoms with Gasteiger partial charge in [-0.3, -0.25) is 9.59 Å². The van der Waals surface area contributed by atoms with Crippen molar-refractivity contribution in [2.45, 2.75) is 309 Å². The van der Waals surface area contributed by atoms with Crippen molar-refractivity contribution in [2.75, 3.05) is 47.5 Å². The van der Waals surface area contributed by atoms with E-state index in [2.05, 4.69) is 220 Å². The first-order chi connectivity index (χ1) is 49.6. The van der Waals surface area contributed by atoms with Crippen LogP contribution in [0.15, 0.2) is 207 Å². The third-order valence-electron chi connectivity index (χ3n) is 16.5. The van der Waals surface area contributed by atoms with Crippen LogP contribution >= 0.6 is 0 Å². The van der Waals surface area contributed by atoms with Crippen molar-refractivity contribution in [1.82, 2.24) is 0 Å². The number of carboxylic acids is 1. The molecule has 0 spiro atoms. The molecule has 0 saturated carbocycles. The lowest BCUT2D eigenvalue weighted by Gasteiger charge is -2.25. The summed E-state index contributed by atoms with van der Waals surface area (Å²) in [5.41, 5.74) is 0. The molecule has 0 aliphatic heterocycles. The minimum Gasteiger partial charge on any atom is -0.477 e. The van der Waals surface area contributed by atoms with Crippen molar-refractivity contribution in [2.24, 2.45) is 0 Å². The Labute approximate surface area is 620 Å². The number of carbonyl (C=O) groups is 3. The summed E-state index contributed by atoms with van der Waals surface area (Å²) in [4.78, 5) is 37.8. The second-order valence-corrected chi connectivity index (χ2v) is 27.3. The number of nitrogens with zero attached hydrogens (tertiary/aromatic N) is 1. The molecule has 0 fully saturated rings. The molecule has 2 unspecified atom stereocenters.